The van der Waals surface area contributed by atoms with Gasteiger partial charge in [0.15, 0.2) is 0 Å². The van der Waals surface area contributed by atoms with E-state index in [0.29, 0.717) is 0 Å². The summed E-state index contributed by atoms with van der Waals surface area (Å²) in [5, 5.41) is 5.75. The van der Waals surface area contributed by atoms with E-state index in [9.17, 15) is 4.79 Å². The van der Waals surface area contributed by atoms with Gasteiger partial charge in [0.05, 0.1) is 19.9 Å². The largest absolute Gasteiger partial charge is 0.497 e. The van der Waals surface area contributed by atoms with Crippen LogP contribution in [0.25, 0.3) is 11.3 Å². The molecule has 3 rings (SSSR count). The van der Waals surface area contributed by atoms with Gasteiger partial charge in [-0.1, -0.05) is 24.3 Å². The van der Waals surface area contributed by atoms with E-state index in [1.807, 2.05) is 53.9 Å². The van der Waals surface area contributed by atoms with Crippen LogP contribution in [0.4, 0.5) is 0 Å². The van der Waals surface area contributed by atoms with Crippen molar-refractivity contribution in [1.82, 2.24) is 10.3 Å². The zero-order valence-electron chi connectivity index (χ0n) is 14.9. The summed E-state index contributed by atoms with van der Waals surface area (Å²) >= 11 is 1.50. The van der Waals surface area contributed by atoms with Crippen molar-refractivity contribution in [2.24, 2.45) is 0 Å². The first-order chi connectivity index (χ1) is 12.6. The molecule has 1 N–H and O–H groups in total. The van der Waals surface area contributed by atoms with E-state index in [1.165, 1.54) is 18.3 Å². The molecule has 1 amide bonds. The lowest BCUT2D eigenvalue weighted by atomic mass is 10.1. The average Bonchev–Trinajstić information content (AvgIpc) is 3.15. The van der Waals surface area contributed by atoms with Gasteiger partial charge in [0.25, 0.3) is 0 Å². The highest BCUT2D eigenvalue weighted by atomic mass is 32.1. The second kappa shape index (κ2) is 8.01. The summed E-state index contributed by atoms with van der Waals surface area (Å²) in [6.45, 7) is 1.50. The van der Waals surface area contributed by atoms with E-state index in [1.54, 1.807) is 14.2 Å². The fourth-order valence-corrected chi connectivity index (χ4v) is 3.61. The van der Waals surface area contributed by atoms with Crippen LogP contribution in [0.5, 0.6) is 11.5 Å². The maximum absolute atomic E-state index is 11.7. The normalized spacial score (nSPS) is 11.7. The zero-order chi connectivity index (χ0) is 18.5. The number of hydrogen-bond donors (Lipinski definition) is 1. The van der Waals surface area contributed by atoms with Crippen LogP contribution >= 0.6 is 11.3 Å². The molecule has 2 aromatic carbocycles. The number of rotatable bonds is 6. The topological polar surface area (TPSA) is 60.5 Å². The lowest BCUT2D eigenvalue weighted by molar-refractivity contribution is -0.119. The molecule has 1 aromatic heterocycles. The standard InChI is InChI=1S/C20H20N2O3S/c1-13(23)21-19(14-7-6-8-15(11-14)24-2)20-22-17(12-26-20)16-9-4-5-10-18(16)25-3/h4-12,19H,1-3H3,(H,21,23). The molecule has 1 heterocycles. The predicted molar refractivity (Wildman–Crippen MR) is 103 cm³/mol. The van der Waals surface area contributed by atoms with Crippen LogP contribution in [-0.2, 0) is 4.79 Å². The molecule has 26 heavy (non-hydrogen) atoms. The van der Waals surface area contributed by atoms with Crippen LogP contribution in [0.15, 0.2) is 53.9 Å². The summed E-state index contributed by atoms with van der Waals surface area (Å²) in [5.74, 6) is 1.38. The van der Waals surface area contributed by atoms with Gasteiger partial charge in [-0.2, -0.15) is 0 Å². The first kappa shape index (κ1) is 17.9. The van der Waals surface area contributed by atoms with E-state index in [2.05, 4.69) is 5.32 Å². The molecule has 0 aliphatic carbocycles. The quantitative estimate of drug-likeness (QED) is 0.713. The molecule has 1 atom stereocenters. The first-order valence-electron chi connectivity index (χ1n) is 8.12. The van der Waals surface area contributed by atoms with Crippen molar-refractivity contribution in [2.75, 3.05) is 14.2 Å². The predicted octanol–water partition coefficient (Wildman–Crippen LogP) is 4.05. The summed E-state index contributed by atoms with van der Waals surface area (Å²) in [6, 6.07) is 15.0. The van der Waals surface area contributed by atoms with E-state index in [4.69, 9.17) is 14.5 Å². The van der Waals surface area contributed by atoms with Crippen molar-refractivity contribution in [2.45, 2.75) is 13.0 Å². The third-order valence-corrected chi connectivity index (χ3v) is 4.84. The van der Waals surface area contributed by atoms with Gasteiger partial charge in [0, 0.05) is 17.9 Å². The number of hydrogen-bond acceptors (Lipinski definition) is 5. The number of nitrogens with zero attached hydrogens (tertiary/aromatic N) is 1. The van der Waals surface area contributed by atoms with Crippen LogP contribution in [0.1, 0.15) is 23.5 Å². The number of ether oxygens (including phenoxy) is 2. The smallest absolute Gasteiger partial charge is 0.217 e. The molecule has 6 heteroatoms. The number of methoxy groups -OCH3 is 2. The fourth-order valence-electron chi connectivity index (χ4n) is 2.71. The number of carbonyl (C=O) groups is 1. The van der Waals surface area contributed by atoms with Crippen molar-refractivity contribution in [3.05, 3.63) is 64.5 Å². The number of amides is 1. The second-order valence-electron chi connectivity index (χ2n) is 5.68. The maximum Gasteiger partial charge on any atom is 0.217 e. The lowest BCUT2D eigenvalue weighted by Gasteiger charge is -2.16. The van der Waals surface area contributed by atoms with Gasteiger partial charge in [-0.15, -0.1) is 11.3 Å². The molecule has 0 saturated heterocycles. The number of aromatic nitrogens is 1. The molecule has 0 radical (unpaired) electrons. The van der Waals surface area contributed by atoms with Gasteiger partial charge in [-0.25, -0.2) is 4.98 Å². The Morgan fingerprint density at radius 3 is 2.65 bits per heavy atom. The number of carbonyl (C=O) groups excluding carboxylic acids is 1. The number of para-hydroxylation sites is 1. The summed E-state index contributed by atoms with van der Waals surface area (Å²) in [6.07, 6.45) is 0. The minimum absolute atomic E-state index is 0.119. The van der Waals surface area contributed by atoms with Crippen LogP contribution in [-0.4, -0.2) is 25.1 Å². The van der Waals surface area contributed by atoms with Crippen LogP contribution in [0.2, 0.25) is 0 Å². The van der Waals surface area contributed by atoms with Crippen molar-refractivity contribution in [3.63, 3.8) is 0 Å². The minimum Gasteiger partial charge on any atom is -0.497 e. The SMILES string of the molecule is COc1cccc(C(NC(C)=O)c2nc(-c3ccccc3OC)cs2)c1. The van der Waals surface area contributed by atoms with Gasteiger partial charge in [0.1, 0.15) is 22.5 Å². The molecule has 134 valence electrons. The molecule has 3 aromatic rings. The molecule has 0 saturated carbocycles. The highest BCUT2D eigenvalue weighted by Gasteiger charge is 2.20. The molecule has 5 nitrogen and oxygen atoms in total. The Morgan fingerprint density at radius 2 is 1.92 bits per heavy atom. The van der Waals surface area contributed by atoms with E-state index in [-0.39, 0.29) is 11.9 Å². The first-order valence-corrected chi connectivity index (χ1v) is 9.00. The highest BCUT2D eigenvalue weighted by molar-refractivity contribution is 7.10. The van der Waals surface area contributed by atoms with Crippen molar-refractivity contribution in [3.8, 4) is 22.8 Å². The Kier molecular flexibility index (Phi) is 5.53. The Balaban J connectivity index is 2.00. The monoisotopic (exact) mass is 368 g/mol. The van der Waals surface area contributed by atoms with Crippen LogP contribution in [0, 0.1) is 0 Å². The summed E-state index contributed by atoms with van der Waals surface area (Å²) < 4.78 is 10.7. The van der Waals surface area contributed by atoms with Crippen molar-refractivity contribution in [1.29, 1.82) is 0 Å². The summed E-state index contributed by atoms with van der Waals surface area (Å²) in [5.41, 5.74) is 2.66. The number of benzene rings is 2. The maximum atomic E-state index is 11.7. The molecular formula is C20H20N2O3S. The molecule has 0 aliphatic rings. The summed E-state index contributed by atoms with van der Waals surface area (Å²) in [4.78, 5) is 16.5. The highest BCUT2D eigenvalue weighted by Crippen LogP contribution is 2.34. The molecule has 0 bridgehead atoms. The van der Waals surface area contributed by atoms with Gasteiger partial charge in [0.2, 0.25) is 5.91 Å². The average molecular weight is 368 g/mol. The van der Waals surface area contributed by atoms with Crippen LogP contribution < -0.4 is 14.8 Å². The number of nitrogens with one attached hydrogen (secondary N) is 1. The molecule has 1 unspecified atom stereocenters. The minimum atomic E-state index is -0.337. The van der Waals surface area contributed by atoms with Crippen LogP contribution in [0.3, 0.4) is 0 Å². The van der Waals surface area contributed by atoms with Gasteiger partial charge >= 0.3 is 0 Å². The van der Waals surface area contributed by atoms with E-state index >= 15 is 0 Å². The van der Waals surface area contributed by atoms with Crippen molar-refractivity contribution >= 4 is 17.2 Å². The van der Waals surface area contributed by atoms with E-state index < -0.39 is 0 Å². The Labute approximate surface area is 156 Å². The lowest BCUT2D eigenvalue weighted by Crippen LogP contribution is -2.26. The molecular weight excluding hydrogens is 348 g/mol. The van der Waals surface area contributed by atoms with Gasteiger partial charge in [-0.3, -0.25) is 4.79 Å². The summed E-state index contributed by atoms with van der Waals surface area (Å²) in [7, 11) is 3.26. The van der Waals surface area contributed by atoms with E-state index in [0.717, 1.165) is 33.3 Å². The molecule has 0 fully saturated rings. The fraction of sp³-hybridized carbons (Fsp3) is 0.200. The third kappa shape index (κ3) is 3.86. The Morgan fingerprint density at radius 1 is 1.12 bits per heavy atom. The molecule has 0 aliphatic heterocycles. The number of thiazole rings is 1. The van der Waals surface area contributed by atoms with Gasteiger partial charge < -0.3 is 14.8 Å². The zero-order valence-corrected chi connectivity index (χ0v) is 15.7. The molecule has 0 spiro atoms. The Bertz CT molecular complexity index is 907. The third-order valence-electron chi connectivity index (χ3n) is 3.93. The van der Waals surface area contributed by atoms with Crippen molar-refractivity contribution < 1.29 is 14.3 Å². The second-order valence-corrected chi connectivity index (χ2v) is 6.57. The van der Waals surface area contributed by atoms with Gasteiger partial charge in [-0.05, 0) is 29.8 Å². The Hall–Kier alpha value is -2.86.